The molecule has 1 fully saturated rings. The molecule has 1 aliphatic rings. The zero-order valence-corrected chi connectivity index (χ0v) is 9.55. The molecule has 0 aromatic rings. The third kappa shape index (κ3) is 4.06. The van der Waals surface area contributed by atoms with Crippen LogP contribution in [-0.2, 0) is 9.59 Å². The normalized spacial score (nSPS) is 16.3. The molecule has 7 heteroatoms. The lowest BCUT2D eigenvalue weighted by molar-refractivity contribution is -0.120. The van der Waals surface area contributed by atoms with Gasteiger partial charge in [0.2, 0.25) is 11.8 Å². The van der Waals surface area contributed by atoms with Crippen LogP contribution in [-0.4, -0.2) is 48.3 Å². The Morgan fingerprint density at radius 3 is 2.88 bits per heavy atom. The summed E-state index contributed by atoms with van der Waals surface area (Å²) in [5, 5.41) is 4.86. The first-order chi connectivity index (χ1) is 7.63. The molecule has 0 aromatic carbocycles. The van der Waals surface area contributed by atoms with Gasteiger partial charge < -0.3 is 10.2 Å². The van der Waals surface area contributed by atoms with Crippen molar-refractivity contribution in [3.8, 4) is 0 Å². The molecule has 0 saturated carbocycles. The van der Waals surface area contributed by atoms with Crippen molar-refractivity contribution in [3.05, 3.63) is 0 Å². The highest BCUT2D eigenvalue weighted by Crippen LogP contribution is 1.97. The summed E-state index contributed by atoms with van der Waals surface area (Å²) in [7, 11) is 0. The maximum Gasteiger partial charge on any atom is 0.324 e. The van der Waals surface area contributed by atoms with Gasteiger partial charge in [-0.2, -0.15) is 0 Å². The van der Waals surface area contributed by atoms with Crippen LogP contribution in [0.4, 0.5) is 4.79 Å². The van der Waals surface area contributed by atoms with E-state index in [-0.39, 0.29) is 24.6 Å². The van der Waals surface area contributed by atoms with Gasteiger partial charge in [-0.1, -0.05) is 0 Å². The fraction of sp³-hybridized carbons (Fsp3) is 0.667. The number of hydrogen-bond donors (Lipinski definition) is 2. The number of amides is 4. The van der Waals surface area contributed by atoms with Crippen LogP contribution < -0.4 is 10.6 Å². The van der Waals surface area contributed by atoms with Crippen molar-refractivity contribution in [1.82, 2.24) is 15.5 Å². The Bertz CT molecular complexity index is 296. The molecule has 0 aromatic heterocycles. The minimum absolute atomic E-state index is 0.0811. The van der Waals surface area contributed by atoms with Gasteiger partial charge >= 0.3 is 6.03 Å². The van der Waals surface area contributed by atoms with E-state index < -0.39 is 11.9 Å². The van der Waals surface area contributed by atoms with E-state index in [1.807, 2.05) is 0 Å². The number of imide groups is 1. The van der Waals surface area contributed by atoms with Gasteiger partial charge in [-0.3, -0.25) is 14.9 Å². The Labute approximate surface area is 98.3 Å². The van der Waals surface area contributed by atoms with E-state index in [4.69, 9.17) is 11.6 Å². The quantitative estimate of drug-likeness (QED) is 0.656. The second-order valence-electron chi connectivity index (χ2n) is 3.38. The van der Waals surface area contributed by atoms with Crippen LogP contribution in [0.5, 0.6) is 0 Å². The number of carbonyl (C=O) groups is 3. The largest absolute Gasteiger partial charge is 0.354 e. The Morgan fingerprint density at radius 1 is 1.44 bits per heavy atom. The van der Waals surface area contributed by atoms with Gasteiger partial charge in [0.05, 0.1) is 0 Å². The maximum absolute atomic E-state index is 11.6. The second kappa shape index (κ2) is 6.32. The van der Waals surface area contributed by atoms with Crippen LogP contribution in [0.25, 0.3) is 0 Å². The molecule has 1 aliphatic heterocycles. The first kappa shape index (κ1) is 12.8. The van der Waals surface area contributed by atoms with Crippen LogP contribution in [0, 0.1) is 0 Å². The summed E-state index contributed by atoms with van der Waals surface area (Å²) in [6.45, 7) is 1.15. The lowest BCUT2D eigenvalue weighted by Crippen LogP contribution is -2.44. The molecule has 90 valence electrons. The van der Waals surface area contributed by atoms with Gasteiger partial charge in [0.25, 0.3) is 0 Å². The fourth-order valence-corrected chi connectivity index (χ4v) is 1.49. The van der Waals surface area contributed by atoms with Crippen molar-refractivity contribution in [2.45, 2.75) is 12.8 Å². The van der Waals surface area contributed by atoms with Crippen LogP contribution in [0.2, 0.25) is 0 Å². The summed E-state index contributed by atoms with van der Waals surface area (Å²) < 4.78 is 0. The molecule has 1 saturated heterocycles. The monoisotopic (exact) mass is 247 g/mol. The summed E-state index contributed by atoms with van der Waals surface area (Å²) in [4.78, 5) is 35.1. The average Bonchev–Trinajstić information content (AvgIpc) is 2.43. The van der Waals surface area contributed by atoms with Gasteiger partial charge in [0.15, 0.2) is 0 Å². The molecule has 0 aliphatic carbocycles. The van der Waals surface area contributed by atoms with Gasteiger partial charge in [-0.15, -0.1) is 11.6 Å². The van der Waals surface area contributed by atoms with Gasteiger partial charge in [-0.05, 0) is 0 Å². The number of carbonyl (C=O) groups excluding carboxylic acids is 3. The number of halogens is 1. The van der Waals surface area contributed by atoms with E-state index in [1.54, 1.807) is 0 Å². The standard InChI is InChI=1S/C9H14ClN3O3/c10-3-1-8(15)12-9(16)13-5-2-7(14)11-4-6-13/h1-6H2,(H,11,14)(H,12,15,16). The number of rotatable bonds is 2. The molecule has 6 nitrogen and oxygen atoms in total. The topological polar surface area (TPSA) is 78.5 Å². The van der Waals surface area contributed by atoms with E-state index in [1.165, 1.54) is 4.90 Å². The summed E-state index contributed by atoms with van der Waals surface area (Å²) in [6.07, 6.45) is 0.370. The van der Waals surface area contributed by atoms with Crippen molar-refractivity contribution >= 4 is 29.4 Å². The van der Waals surface area contributed by atoms with Gasteiger partial charge in [-0.25, -0.2) is 4.79 Å². The predicted molar refractivity (Wildman–Crippen MR) is 58.1 cm³/mol. The third-order valence-electron chi connectivity index (χ3n) is 2.17. The highest BCUT2D eigenvalue weighted by Gasteiger charge is 2.19. The molecule has 0 radical (unpaired) electrons. The fourth-order valence-electron chi connectivity index (χ4n) is 1.32. The molecular weight excluding hydrogens is 234 g/mol. The first-order valence-corrected chi connectivity index (χ1v) is 5.58. The number of hydrogen-bond acceptors (Lipinski definition) is 3. The van der Waals surface area contributed by atoms with E-state index in [0.717, 1.165) is 0 Å². The molecule has 16 heavy (non-hydrogen) atoms. The summed E-state index contributed by atoms with van der Waals surface area (Å²) in [6, 6.07) is -0.466. The predicted octanol–water partition coefficient (Wildman–Crippen LogP) is -0.327. The summed E-state index contributed by atoms with van der Waals surface area (Å²) >= 11 is 5.37. The lowest BCUT2D eigenvalue weighted by Gasteiger charge is -2.19. The highest BCUT2D eigenvalue weighted by molar-refractivity contribution is 6.19. The number of urea groups is 1. The minimum Gasteiger partial charge on any atom is -0.354 e. The molecule has 1 heterocycles. The Morgan fingerprint density at radius 2 is 2.19 bits per heavy atom. The maximum atomic E-state index is 11.6. The molecule has 1 rings (SSSR count). The molecule has 0 bridgehead atoms. The van der Waals surface area contributed by atoms with E-state index in [0.29, 0.717) is 19.6 Å². The molecule has 2 N–H and O–H groups in total. The summed E-state index contributed by atoms with van der Waals surface area (Å²) in [5.41, 5.74) is 0. The lowest BCUT2D eigenvalue weighted by atomic mass is 10.4. The van der Waals surface area contributed by atoms with Crippen molar-refractivity contribution in [2.24, 2.45) is 0 Å². The van der Waals surface area contributed by atoms with Crippen LogP contribution in [0.15, 0.2) is 0 Å². The van der Waals surface area contributed by atoms with Crippen molar-refractivity contribution < 1.29 is 14.4 Å². The molecular formula is C9H14ClN3O3. The third-order valence-corrected chi connectivity index (χ3v) is 2.36. The SMILES string of the molecule is O=C1CCN(C(=O)NC(=O)CCCl)CCN1. The van der Waals surface area contributed by atoms with Crippen molar-refractivity contribution in [2.75, 3.05) is 25.5 Å². The van der Waals surface area contributed by atoms with E-state index in [9.17, 15) is 14.4 Å². The van der Waals surface area contributed by atoms with Crippen LogP contribution in [0.1, 0.15) is 12.8 Å². The van der Waals surface area contributed by atoms with Gasteiger partial charge in [0, 0.05) is 38.4 Å². The molecule has 0 atom stereocenters. The van der Waals surface area contributed by atoms with Crippen molar-refractivity contribution in [3.63, 3.8) is 0 Å². The number of alkyl halides is 1. The van der Waals surface area contributed by atoms with Crippen molar-refractivity contribution in [1.29, 1.82) is 0 Å². The second-order valence-corrected chi connectivity index (χ2v) is 3.76. The van der Waals surface area contributed by atoms with Crippen LogP contribution in [0.3, 0.4) is 0 Å². The summed E-state index contributed by atoms with van der Waals surface area (Å²) in [5.74, 6) is -0.301. The van der Waals surface area contributed by atoms with Crippen LogP contribution >= 0.6 is 11.6 Å². The molecule has 0 unspecified atom stereocenters. The number of nitrogens with zero attached hydrogens (tertiary/aromatic N) is 1. The van der Waals surface area contributed by atoms with E-state index in [2.05, 4.69) is 10.6 Å². The Balaban J connectivity index is 2.41. The minimum atomic E-state index is -0.466. The molecule has 0 spiro atoms. The zero-order valence-electron chi connectivity index (χ0n) is 8.79. The highest BCUT2D eigenvalue weighted by atomic mass is 35.5. The smallest absolute Gasteiger partial charge is 0.324 e. The Kier molecular flexibility index (Phi) is 5.04. The molecule has 4 amide bonds. The van der Waals surface area contributed by atoms with E-state index >= 15 is 0 Å². The number of nitrogens with one attached hydrogen (secondary N) is 2. The Hall–Kier alpha value is -1.30. The zero-order chi connectivity index (χ0) is 12.0. The average molecular weight is 248 g/mol. The van der Waals surface area contributed by atoms with Gasteiger partial charge in [0.1, 0.15) is 0 Å². The first-order valence-electron chi connectivity index (χ1n) is 5.05.